The maximum Gasteiger partial charge on any atom is 0.225 e. The van der Waals surface area contributed by atoms with Crippen molar-refractivity contribution in [2.75, 3.05) is 0 Å². The first kappa shape index (κ1) is 8.17. The average molecular weight is 174 g/mol. The number of carbonyl (C=O) groups is 2. The average Bonchev–Trinajstić information content (AvgIpc) is 2.63. The number of rotatable bonds is 2. The molecule has 2 heteroatoms. The smallest absolute Gasteiger partial charge is 0.225 e. The highest BCUT2D eigenvalue weighted by Crippen LogP contribution is 2.22. The molecule has 1 aromatic rings. The topological polar surface area (TPSA) is 34.1 Å². The Kier molecular flexibility index (Phi) is 1.97. The summed E-state index contributed by atoms with van der Waals surface area (Å²) >= 11 is 0. The second kappa shape index (κ2) is 3.13. The zero-order valence-corrected chi connectivity index (χ0v) is 7.25. The molecule has 0 saturated carbocycles. The third-order valence-electron chi connectivity index (χ3n) is 2.49. The molecule has 0 aromatic heterocycles. The molecule has 66 valence electrons. The van der Waals surface area contributed by atoms with Gasteiger partial charge in [0.25, 0.3) is 0 Å². The Morgan fingerprint density at radius 1 is 1.23 bits per heavy atom. The number of Topliss-reactive ketones (excluding diaryl/α,β-unsaturated/α-hetero) is 1. The van der Waals surface area contributed by atoms with Gasteiger partial charge >= 0.3 is 0 Å². The Bertz CT molecular complexity index is 366. The number of aldehydes is 1. The van der Waals surface area contributed by atoms with Crippen LogP contribution in [0.1, 0.15) is 27.9 Å². The second-order valence-corrected chi connectivity index (χ2v) is 3.32. The van der Waals surface area contributed by atoms with Crippen molar-refractivity contribution in [3.63, 3.8) is 0 Å². The summed E-state index contributed by atoms with van der Waals surface area (Å²) in [6.07, 6.45) is 3.67. The summed E-state index contributed by atoms with van der Waals surface area (Å²) in [7, 11) is 0. The van der Waals surface area contributed by atoms with E-state index in [1.165, 1.54) is 11.1 Å². The lowest BCUT2D eigenvalue weighted by Gasteiger charge is -1.99. The molecule has 0 N–H and O–H groups in total. The highest BCUT2D eigenvalue weighted by atomic mass is 16.2. The monoisotopic (exact) mass is 174 g/mol. The van der Waals surface area contributed by atoms with Crippen molar-refractivity contribution in [1.82, 2.24) is 0 Å². The lowest BCUT2D eigenvalue weighted by Crippen LogP contribution is -2.00. The molecule has 1 aliphatic carbocycles. The summed E-state index contributed by atoms with van der Waals surface area (Å²) in [5.41, 5.74) is 3.07. The zero-order chi connectivity index (χ0) is 9.26. The third kappa shape index (κ3) is 1.39. The van der Waals surface area contributed by atoms with Crippen molar-refractivity contribution < 1.29 is 9.59 Å². The summed E-state index contributed by atoms with van der Waals surface area (Å²) in [6.45, 7) is 0. The van der Waals surface area contributed by atoms with Crippen LogP contribution in [-0.2, 0) is 17.6 Å². The minimum absolute atomic E-state index is 0.372. The van der Waals surface area contributed by atoms with Gasteiger partial charge in [0, 0.05) is 5.56 Å². The lowest BCUT2D eigenvalue weighted by molar-refractivity contribution is -0.104. The third-order valence-corrected chi connectivity index (χ3v) is 2.49. The molecule has 0 fully saturated rings. The summed E-state index contributed by atoms with van der Waals surface area (Å²) in [5, 5.41) is 0. The van der Waals surface area contributed by atoms with Crippen LogP contribution in [0.5, 0.6) is 0 Å². The molecular formula is C11H10O2. The van der Waals surface area contributed by atoms with Crippen molar-refractivity contribution in [2.24, 2.45) is 0 Å². The van der Waals surface area contributed by atoms with E-state index in [0.29, 0.717) is 11.8 Å². The number of benzene rings is 1. The van der Waals surface area contributed by atoms with Crippen molar-refractivity contribution in [3.8, 4) is 0 Å². The standard InChI is InChI=1S/C11H10O2/c12-7-11(13)10-5-4-8-2-1-3-9(8)6-10/h4-7H,1-3H2. The van der Waals surface area contributed by atoms with Crippen LogP contribution in [0.3, 0.4) is 0 Å². The van der Waals surface area contributed by atoms with Crippen molar-refractivity contribution >= 4 is 12.1 Å². The van der Waals surface area contributed by atoms with Crippen LogP contribution in [-0.4, -0.2) is 12.1 Å². The molecule has 0 saturated heterocycles. The second-order valence-electron chi connectivity index (χ2n) is 3.32. The molecule has 0 amide bonds. The molecule has 0 aliphatic heterocycles. The summed E-state index contributed by atoms with van der Waals surface area (Å²) in [4.78, 5) is 21.3. The minimum Gasteiger partial charge on any atom is -0.294 e. The number of fused-ring (bicyclic) bond motifs is 1. The van der Waals surface area contributed by atoms with Gasteiger partial charge in [-0.05, 0) is 36.5 Å². The van der Waals surface area contributed by atoms with E-state index in [-0.39, 0.29) is 0 Å². The highest BCUT2D eigenvalue weighted by Gasteiger charge is 2.12. The Morgan fingerprint density at radius 3 is 2.77 bits per heavy atom. The molecule has 2 rings (SSSR count). The van der Waals surface area contributed by atoms with E-state index >= 15 is 0 Å². The molecule has 0 atom stereocenters. The largest absolute Gasteiger partial charge is 0.294 e. The zero-order valence-electron chi connectivity index (χ0n) is 7.25. The highest BCUT2D eigenvalue weighted by molar-refractivity contribution is 6.33. The van der Waals surface area contributed by atoms with Crippen LogP contribution in [0, 0.1) is 0 Å². The lowest BCUT2D eigenvalue weighted by atomic mass is 10.0. The molecular weight excluding hydrogens is 164 g/mol. The maximum atomic E-state index is 11.0. The van der Waals surface area contributed by atoms with Crippen molar-refractivity contribution in [1.29, 1.82) is 0 Å². The predicted octanol–water partition coefficient (Wildman–Crippen LogP) is 1.56. The van der Waals surface area contributed by atoms with E-state index in [4.69, 9.17) is 0 Å². The van der Waals surface area contributed by atoms with Crippen LogP contribution >= 0.6 is 0 Å². The quantitative estimate of drug-likeness (QED) is 0.387. The van der Waals surface area contributed by atoms with Gasteiger partial charge in [-0.3, -0.25) is 9.59 Å². The van der Waals surface area contributed by atoms with Gasteiger partial charge < -0.3 is 0 Å². The Labute approximate surface area is 76.6 Å². The molecule has 0 heterocycles. The number of hydrogen-bond acceptors (Lipinski definition) is 2. The number of hydrogen-bond donors (Lipinski definition) is 0. The van der Waals surface area contributed by atoms with Gasteiger partial charge in [-0.1, -0.05) is 12.1 Å². The van der Waals surface area contributed by atoms with Gasteiger partial charge in [0.05, 0.1) is 0 Å². The fraction of sp³-hybridized carbons (Fsp3) is 0.273. The molecule has 0 radical (unpaired) electrons. The first-order valence-electron chi connectivity index (χ1n) is 4.42. The van der Waals surface area contributed by atoms with Gasteiger partial charge in [-0.25, -0.2) is 0 Å². The van der Waals surface area contributed by atoms with Gasteiger partial charge in [0.2, 0.25) is 5.78 Å². The van der Waals surface area contributed by atoms with Gasteiger partial charge in [0.15, 0.2) is 6.29 Å². The van der Waals surface area contributed by atoms with Gasteiger partial charge in [0.1, 0.15) is 0 Å². The van der Waals surface area contributed by atoms with Crippen molar-refractivity contribution in [3.05, 3.63) is 34.9 Å². The summed E-state index contributed by atoms with van der Waals surface area (Å²) < 4.78 is 0. The molecule has 0 spiro atoms. The van der Waals surface area contributed by atoms with Crippen LogP contribution in [0.15, 0.2) is 18.2 Å². The number of aryl methyl sites for hydroxylation is 2. The maximum absolute atomic E-state index is 11.0. The Morgan fingerprint density at radius 2 is 2.00 bits per heavy atom. The Hall–Kier alpha value is -1.44. The van der Waals surface area contributed by atoms with E-state index in [1.54, 1.807) is 6.07 Å². The van der Waals surface area contributed by atoms with Crippen molar-refractivity contribution in [2.45, 2.75) is 19.3 Å². The normalized spacial score (nSPS) is 13.8. The van der Waals surface area contributed by atoms with Crippen LogP contribution in [0.4, 0.5) is 0 Å². The van der Waals surface area contributed by atoms with Gasteiger partial charge in [-0.15, -0.1) is 0 Å². The molecule has 1 aliphatic rings. The van der Waals surface area contributed by atoms with E-state index in [1.807, 2.05) is 12.1 Å². The van der Waals surface area contributed by atoms with Crippen LogP contribution < -0.4 is 0 Å². The van der Waals surface area contributed by atoms with E-state index < -0.39 is 5.78 Å². The fourth-order valence-corrected chi connectivity index (χ4v) is 1.79. The molecule has 0 unspecified atom stereocenters. The summed E-state index contributed by atoms with van der Waals surface area (Å²) in [6, 6.07) is 5.54. The fourth-order valence-electron chi connectivity index (χ4n) is 1.79. The molecule has 0 bridgehead atoms. The van der Waals surface area contributed by atoms with Crippen LogP contribution in [0.2, 0.25) is 0 Å². The predicted molar refractivity (Wildman–Crippen MR) is 48.9 cm³/mol. The SMILES string of the molecule is O=CC(=O)c1ccc2c(c1)CCC2. The van der Waals surface area contributed by atoms with Gasteiger partial charge in [-0.2, -0.15) is 0 Å². The minimum atomic E-state index is -0.422. The molecule has 13 heavy (non-hydrogen) atoms. The van der Waals surface area contributed by atoms with E-state index in [0.717, 1.165) is 19.3 Å². The van der Waals surface area contributed by atoms with E-state index in [2.05, 4.69) is 0 Å². The first-order valence-corrected chi connectivity index (χ1v) is 4.42. The van der Waals surface area contributed by atoms with Crippen LogP contribution in [0.25, 0.3) is 0 Å². The molecule has 1 aromatic carbocycles. The number of ketones is 1. The number of carbonyl (C=O) groups excluding carboxylic acids is 2. The summed E-state index contributed by atoms with van der Waals surface area (Å²) in [5.74, 6) is -0.422. The van der Waals surface area contributed by atoms with E-state index in [9.17, 15) is 9.59 Å². The molecule has 2 nitrogen and oxygen atoms in total. The first-order chi connectivity index (χ1) is 6.31. The Balaban J connectivity index is 2.41.